The number of benzene rings is 2. The van der Waals surface area contributed by atoms with Crippen LogP contribution in [-0.2, 0) is 6.61 Å². The van der Waals surface area contributed by atoms with Gasteiger partial charge in [0.05, 0.1) is 0 Å². The quantitative estimate of drug-likeness (QED) is 0.505. The van der Waals surface area contributed by atoms with Crippen LogP contribution in [0.1, 0.15) is 23.6 Å². The molecule has 3 rings (SSSR count). The van der Waals surface area contributed by atoms with Crippen molar-refractivity contribution in [1.29, 1.82) is 0 Å². The van der Waals surface area contributed by atoms with Gasteiger partial charge in [-0.15, -0.1) is 10.2 Å². The van der Waals surface area contributed by atoms with Crippen molar-refractivity contribution in [3.63, 3.8) is 0 Å². The van der Waals surface area contributed by atoms with Crippen molar-refractivity contribution >= 4 is 35.0 Å². The Balaban J connectivity index is 1.59. The molecule has 0 aliphatic heterocycles. The summed E-state index contributed by atoms with van der Waals surface area (Å²) in [6.45, 7) is 2.25. The Morgan fingerprint density at radius 2 is 1.83 bits per heavy atom. The molecule has 0 aliphatic rings. The van der Waals surface area contributed by atoms with Crippen LogP contribution >= 0.6 is 35.0 Å². The minimum absolute atomic E-state index is 0.101. The number of rotatable bonds is 6. The monoisotopic (exact) mass is 380 g/mol. The Bertz CT molecular complexity index is 808. The fourth-order valence-corrected chi connectivity index (χ4v) is 3.40. The molecule has 1 atom stereocenters. The summed E-state index contributed by atoms with van der Waals surface area (Å²) < 4.78 is 11.2. The number of ether oxygens (including phenoxy) is 1. The second kappa shape index (κ2) is 7.92. The van der Waals surface area contributed by atoms with Gasteiger partial charge in [0.2, 0.25) is 0 Å². The first-order chi connectivity index (χ1) is 11.6. The minimum atomic E-state index is 0.101. The highest BCUT2D eigenvalue weighted by Crippen LogP contribution is 2.37. The molecule has 0 N–H and O–H groups in total. The highest BCUT2D eigenvalue weighted by molar-refractivity contribution is 7.99. The minimum Gasteiger partial charge on any atom is -0.484 e. The Hall–Kier alpha value is -1.69. The molecule has 0 fully saturated rings. The average Bonchev–Trinajstić information content (AvgIpc) is 3.02. The number of halogens is 2. The maximum Gasteiger partial charge on any atom is 0.277 e. The van der Waals surface area contributed by atoms with Crippen LogP contribution in [0.25, 0.3) is 0 Å². The van der Waals surface area contributed by atoms with Gasteiger partial charge >= 0.3 is 0 Å². The van der Waals surface area contributed by atoms with Crippen LogP contribution in [0.2, 0.25) is 10.0 Å². The predicted molar refractivity (Wildman–Crippen MR) is 95.8 cm³/mol. The number of hydrogen-bond donors (Lipinski definition) is 0. The van der Waals surface area contributed by atoms with Crippen molar-refractivity contribution in [1.82, 2.24) is 10.2 Å². The lowest BCUT2D eigenvalue weighted by atomic mass is 10.2. The maximum absolute atomic E-state index is 6.21. The molecule has 1 aromatic heterocycles. The second-order valence-corrected chi connectivity index (χ2v) is 7.12. The molecule has 0 saturated heterocycles. The predicted octanol–water partition coefficient (Wildman–Crippen LogP) is 5.81. The zero-order valence-corrected chi connectivity index (χ0v) is 15.1. The highest BCUT2D eigenvalue weighted by Gasteiger charge is 2.15. The molecular formula is C17H14Cl2N2O2S. The van der Waals surface area contributed by atoms with E-state index < -0.39 is 0 Å². The van der Waals surface area contributed by atoms with E-state index in [0.29, 0.717) is 21.9 Å². The maximum atomic E-state index is 6.21. The normalized spacial score (nSPS) is 12.1. The van der Waals surface area contributed by atoms with Gasteiger partial charge in [-0.05, 0) is 42.8 Å². The highest BCUT2D eigenvalue weighted by atomic mass is 35.5. The van der Waals surface area contributed by atoms with E-state index in [1.54, 1.807) is 24.3 Å². The SMILES string of the molecule is CC(Sc1nnc(COc2ccc(Cl)cc2)o1)c1ccccc1Cl. The van der Waals surface area contributed by atoms with Gasteiger partial charge in [-0.25, -0.2) is 0 Å². The summed E-state index contributed by atoms with van der Waals surface area (Å²) >= 11 is 13.5. The molecule has 4 nitrogen and oxygen atoms in total. The van der Waals surface area contributed by atoms with E-state index in [2.05, 4.69) is 10.2 Å². The third-order valence-electron chi connectivity index (χ3n) is 3.25. The van der Waals surface area contributed by atoms with Crippen molar-refractivity contribution < 1.29 is 9.15 Å². The fraction of sp³-hybridized carbons (Fsp3) is 0.176. The van der Waals surface area contributed by atoms with Crippen molar-refractivity contribution in [3.05, 3.63) is 70.0 Å². The number of hydrogen-bond acceptors (Lipinski definition) is 5. The van der Waals surface area contributed by atoms with E-state index in [1.165, 1.54) is 11.8 Å². The summed E-state index contributed by atoms with van der Waals surface area (Å²) in [6.07, 6.45) is 0. The van der Waals surface area contributed by atoms with E-state index in [-0.39, 0.29) is 11.9 Å². The summed E-state index contributed by atoms with van der Waals surface area (Å²) in [5.74, 6) is 1.11. The van der Waals surface area contributed by atoms with Gasteiger partial charge in [-0.3, -0.25) is 0 Å². The van der Waals surface area contributed by atoms with Crippen molar-refractivity contribution in [2.24, 2.45) is 0 Å². The van der Waals surface area contributed by atoms with Gasteiger partial charge in [0, 0.05) is 15.3 Å². The van der Waals surface area contributed by atoms with E-state index >= 15 is 0 Å². The molecule has 1 heterocycles. The first kappa shape index (κ1) is 17.1. The Morgan fingerprint density at radius 1 is 1.08 bits per heavy atom. The zero-order valence-electron chi connectivity index (χ0n) is 12.8. The van der Waals surface area contributed by atoms with E-state index in [1.807, 2.05) is 31.2 Å². The van der Waals surface area contributed by atoms with Crippen LogP contribution in [0.15, 0.2) is 58.2 Å². The van der Waals surface area contributed by atoms with E-state index in [9.17, 15) is 0 Å². The van der Waals surface area contributed by atoms with Gasteiger partial charge in [0.15, 0.2) is 6.61 Å². The molecule has 0 radical (unpaired) electrons. The molecule has 0 aliphatic carbocycles. The molecule has 124 valence electrons. The summed E-state index contributed by atoms with van der Waals surface area (Å²) in [4.78, 5) is 0. The summed E-state index contributed by atoms with van der Waals surface area (Å²) in [7, 11) is 0. The molecule has 0 amide bonds. The molecule has 2 aromatic carbocycles. The smallest absolute Gasteiger partial charge is 0.277 e. The molecule has 7 heteroatoms. The van der Waals surface area contributed by atoms with Crippen molar-refractivity contribution in [3.8, 4) is 5.75 Å². The largest absolute Gasteiger partial charge is 0.484 e. The lowest BCUT2D eigenvalue weighted by molar-refractivity contribution is 0.252. The Kier molecular flexibility index (Phi) is 5.66. The van der Waals surface area contributed by atoms with E-state index in [0.717, 1.165) is 10.6 Å². The third kappa shape index (κ3) is 4.44. The topological polar surface area (TPSA) is 48.2 Å². The van der Waals surface area contributed by atoms with Crippen LogP contribution in [0, 0.1) is 0 Å². The van der Waals surface area contributed by atoms with Crippen molar-refractivity contribution in [2.45, 2.75) is 24.0 Å². The molecule has 0 spiro atoms. The summed E-state index contributed by atoms with van der Waals surface area (Å²) in [5.41, 5.74) is 1.03. The lowest BCUT2D eigenvalue weighted by Gasteiger charge is -2.10. The van der Waals surface area contributed by atoms with Crippen LogP contribution in [0.4, 0.5) is 0 Å². The van der Waals surface area contributed by atoms with Gasteiger partial charge in [0.1, 0.15) is 5.75 Å². The Morgan fingerprint density at radius 3 is 2.58 bits per heavy atom. The number of thioether (sulfide) groups is 1. The van der Waals surface area contributed by atoms with Gasteiger partial charge in [-0.1, -0.05) is 53.2 Å². The van der Waals surface area contributed by atoms with Crippen LogP contribution < -0.4 is 4.74 Å². The molecule has 0 bridgehead atoms. The van der Waals surface area contributed by atoms with E-state index in [4.69, 9.17) is 32.4 Å². The van der Waals surface area contributed by atoms with Crippen LogP contribution in [0.3, 0.4) is 0 Å². The van der Waals surface area contributed by atoms with Crippen LogP contribution in [0.5, 0.6) is 5.75 Å². The van der Waals surface area contributed by atoms with Gasteiger partial charge < -0.3 is 9.15 Å². The zero-order chi connectivity index (χ0) is 16.9. The first-order valence-corrected chi connectivity index (χ1v) is 8.87. The standard InChI is InChI=1S/C17H14Cl2N2O2S/c1-11(14-4-2-3-5-15(14)19)24-17-21-20-16(23-17)10-22-13-8-6-12(18)7-9-13/h2-9,11H,10H2,1H3. The van der Waals surface area contributed by atoms with Crippen molar-refractivity contribution in [2.75, 3.05) is 0 Å². The fourth-order valence-electron chi connectivity index (χ4n) is 2.04. The summed E-state index contributed by atoms with van der Waals surface area (Å²) in [6, 6.07) is 14.8. The molecule has 0 saturated carbocycles. The van der Waals surface area contributed by atoms with Crippen LogP contribution in [-0.4, -0.2) is 10.2 Å². The first-order valence-electron chi connectivity index (χ1n) is 7.23. The molecule has 1 unspecified atom stereocenters. The van der Waals surface area contributed by atoms with Gasteiger partial charge in [0.25, 0.3) is 11.1 Å². The second-order valence-electron chi connectivity index (χ2n) is 4.99. The number of aromatic nitrogens is 2. The number of nitrogens with zero attached hydrogens (tertiary/aromatic N) is 2. The molecule has 3 aromatic rings. The van der Waals surface area contributed by atoms with Gasteiger partial charge in [-0.2, -0.15) is 0 Å². The summed E-state index contributed by atoms with van der Waals surface area (Å²) in [5, 5.41) is 10.0. The third-order valence-corrected chi connectivity index (χ3v) is 4.82. The molecular weight excluding hydrogens is 367 g/mol. The molecule has 24 heavy (non-hydrogen) atoms. The average molecular weight is 381 g/mol. The lowest BCUT2D eigenvalue weighted by Crippen LogP contribution is -1.95. The Labute approximate surface area is 154 Å².